The topological polar surface area (TPSA) is 114 Å². The molecule has 1 aliphatic rings. The van der Waals surface area contributed by atoms with Crippen LogP contribution in [0.25, 0.3) is 0 Å². The molecule has 1 atom stereocenters. The molecule has 1 amide bonds. The number of carbonyl (C=O) groups is 2. The second-order valence-electron chi connectivity index (χ2n) is 6.64. The summed E-state index contributed by atoms with van der Waals surface area (Å²) in [7, 11) is 0. The lowest BCUT2D eigenvalue weighted by Gasteiger charge is -2.24. The smallest absolute Gasteiger partial charge is 0.296 e. The number of aliphatic hydroxyl groups excluding tert-OH is 1. The molecule has 0 radical (unpaired) electrons. The van der Waals surface area contributed by atoms with Crippen molar-refractivity contribution in [3.05, 3.63) is 84.2 Å². The molecular weight excluding hydrogens is 426 g/mol. The summed E-state index contributed by atoms with van der Waals surface area (Å²) >= 11 is 2.44. The fourth-order valence-electron chi connectivity index (χ4n) is 3.26. The van der Waals surface area contributed by atoms with Crippen molar-refractivity contribution in [2.45, 2.75) is 19.9 Å². The maximum Gasteiger partial charge on any atom is 0.296 e. The van der Waals surface area contributed by atoms with Crippen LogP contribution in [-0.4, -0.2) is 26.7 Å². The van der Waals surface area contributed by atoms with Crippen LogP contribution in [0.2, 0.25) is 0 Å². The SMILES string of the molecule is Cc1nc(N2C(=O)C(O)=C(C(=O)c3cccs3)[C@@H]2c2cccc([N+](=O)[O-])c2)sc1C. The summed E-state index contributed by atoms with van der Waals surface area (Å²) in [5.74, 6) is -1.93. The number of thiophene rings is 1. The van der Waals surface area contributed by atoms with Gasteiger partial charge >= 0.3 is 0 Å². The van der Waals surface area contributed by atoms with E-state index < -0.39 is 28.4 Å². The van der Waals surface area contributed by atoms with Gasteiger partial charge in [0.25, 0.3) is 11.6 Å². The predicted molar refractivity (Wildman–Crippen MR) is 113 cm³/mol. The predicted octanol–water partition coefficient (Wildman–Crippen LogP) is 4.51. The van der Waals surface area contributed by atoms with Gasteiger partial charge in [-0.15, -0.1) is 22.7 Å². The van der Waals surface area contributed by atoms with Crippen molar-refractivity contribution in [1.29, 1.82) is 0 Å². The first-order valence-electron chi connectivity index (χ1n) is 8.83. The van der Waals surface area contributed by atoms with E-state index in [9.17, 15) is 24.8 Å². The molecule has 152 valence electrons. The highest BCUT2D eigenvalue weighted by Gasteiger charge is 2.46. The van der Waals surface area contributed by atoms with E-state index in [1.165, 1.54) is 45.8 Å². The van der Waals surface area contributed by atoms with E-state index in [2.05, 4.69) is 4.98 Å². The van der Waals surface area contributed by atoms with Crippen molar-refractivity contribution in [1.82, 2.24) is 4.98 Å². The number of aromatic nitrogens is 1. The zero-order chi connectivity index (χ0) is 21.6. The largest absolute Gasteiger partial charge is 0.503 e. The summed E-state index contributed by atoms with van der Waals surface area (Å²) < 4.78 is 0. The van der Waals surface area contributed by atoms with Crippen LogP contribution in [0.3, 0.4) is 0 Å². The van der Waals surface area contributed by atoms with Gasteiger partial charge in [-0.25, -0.2) is 4.98 Å². The molecule has 0 spiro atoms. The lowest BCUT2D eigenvalue weighted by atomic mass is 9.95. The number of nitro benzene ring substituents is 1. The van der Waals surface area contributed by atoms with Gasteiger partial charge in [-0.05, 0) is 30.9 Å². The fourth-order valence-corrected chi connectivity index (χ4v) is 4.87. The van der Waals surface area contributed by atoms with Crippen LogP contribution >= 0.6 is 22.7 Å². The quantitative estimate of drug-likeness (QED) is 0.354. The highest BCUT2D eigenvalue weighted by Crippen LogP contribution is 2.44. The summed E-state index contributed by atoms with van der Waals surface area (Å²) in [6.45, 7) is 3.65. The normalized spacial score (nSPS) is 16.4. The number of hydrogen-bond donors (Lipinski definition) is 1. The van der Waals surface area contributed by atoms with Crippen LogP contribution in [-0.2, 0) is 4.79 Å². The molecule has 0 fully saturated rings. The van der Waals surface area contributed by atoms with E-state index in [-0.39, 0.29) is 11.3 Å². The van der Waals surface area contributed by atoms with Crippen molar-refractivity contribution in [2.75, 3.05) is 4.90 Å². The average molecular weight is 441 g/mol. The minimum absolute atomic E-state index is 0.117. The molecular formula is C20H15N3O5S2. The first-order valence-corrected chi connectivity index (χ1v) is 10.5. The molecule has 1 aliphatic heterocycles. The van der Waals surface area contributed by atoms with E-state index in [0.717, 1.165) is 10.6 Å². The third kappa shape index (κ3) is 3.19. The molecule has 3 heterocycles. The highest BCUT2D eigenvalue weighted by molar-refractivity contribution is 7.16. The maximum absolute atomic E-state index is 13.2. The number of hydrogen-bond acceptors (Lipinski definition) is 8. The zero-order valence-corrected chi connectivity index (χ0v) is 17.5. The molecule has 8 nitrogen and oxygen atoms in total. The summed E-state index contributed by atoms with van der Waals surface area (Å²) in [4.78, 5) is 43.8. The van der Waals surface area contributed by atoms with E-state index >= 15 is 0 Å². The molecule has 1 aromatic carbocycles. The Morgan fingerprint density at radius 2 is 2.03 bits per heavy atom. The van der Waals surface area contributed by atoms with Crippen molar-refractivity contribution < 1.29 is 19.6 Å². The van der Waals surface area contributed by atoms with Gasteiger partial charge in [0.2, 0.25) is 5.78 Å². The van der Waals surface area contributed by atoms with Crippen LogP contribution in [0.15, 0.2) is 53.1 Å². The second-order valence-corrected chi connectivity index (χ2v) is 8.77. The first-order chi connectivity index (χ1) is 14.3. The molecule has 0 unspecified atom stereocenters. The Morgan fingerprint density at radius 1 is 1.27 bits per heavy atom. The zero-order valence-electron chi connectivity index (χ0n) is 15.9. The standard InChI is InChI=1S/C20H15N3O5S2/c1-10-11(2)30-20(21-10)22-16(12-5-3-6-13(9-12)23(27)28)15(18(25)19(22)26)17(24)14-7-4-8-29-14/h3-9,16,25H,1-2H3/t16-/m0/s1. The van der Waals surface area contributed by atoms with Gasteiger partial charge in [0.1, 0.15) is 0 Å². The van der Waals surface area contributed by atoms with Crippen molar-refractivity contribution >= 4 is 45.2 Å². The Bertz CT molecular complexity index is 1190. The number of thiazole rings is 1. The minimum atomic E-state index is -1.03. The number of benzene rings is 1. The molecule has 3 aromatic rings. The van der Waals surface area contributed by atoms with Crippen molar-refractivity contribution in [3.63, 3.8) is 0 Å². The van der Waals surface area contributed by atoms with Gasteiger partial charge in [0.15, 0.2) is 10.9 Å². The van der Waals surface area contributed by atoms with Crippen LogP contribution < -0.4 is 4.90 Å². The molecule has 0 bridgehead atoms. The number of Topliss-reactive ketones (excluding diaryl/α,β-unsaturated/α-hetero) is 1. The first kappa shape index (κ1) is 19.9. The number of ketones is 1. The number of aliphatic hydroxyl groups is 1. The van der Waals surface area contributed by atoms with Gasteiger partial charge in [-0.2, -0.15) is 0 Å². The number of anilines is 1. The lowest BCUT2D eigenvalue weighted by molar-refractivity contribution is -0.384. The number of non-ortho nitro benzene ring substituents is 1. The highest BCUT2D eigenvalue weighted by atomic mass is 32.1. The van der Waals surface area contributed by atoms with Crippen LogP contribution in [0, 0.1) is 24.0 Å². The molecule has 2 aromatic heterocycles. The van der Waals surface area contributed by atoms with Gasteiger partial charge in [-0.3, -0.25) is 24.6 Å². The molecule has 4 rings (SSSR count). The van der Waals surface area contributed by atoms with E-state index in [0.29, 0.717) is 15.6 Å². The number of nitrogens with zero attached hydrogens (tertiary/aromatic N) is 3. The number of amides is 1. The van der Waals surface area contributed by atoms with Crippen molar-refractivity contribution in [3.8, 4) is 0 Å². The molecule has 0 saturated heterocycles. The Morgan fingerprint density at radius 3 is 2.63 bits per heavy atom. The average Bonchev–Trinajstić information content (AvgIpc) is 3.42. The van der Waals surface area contributed by atoms with Gasteiger partial charge in [0, 0.05) is 17.0 Å². The molecule has 0 saturated carbocycles. The summed E-state index contributed by atoms with van der Waals surface area (Å²) in [5.41, 5.74) is 0.763. The second kappa shape index (κ2) is 7.47. The lowest BCUT2D eigenvalue weighted by Crippen LogP contribution is -2.31. The molecule has 1 N–H and O–H groups in total. The van der Waals surface area contributed by atoms with Gasteiger partial charge in [0.05, 0.1) is 27.1 Å². The van der Waals surface area contributed by atoms with Crippen molar-refractivity contribution in [2.24, 2.45) is 0 Å². The Labute approximate surface area is 178 Å². The molecule has 0 aliphatic carbocycles. The Hall–Kier alpha value is -3.37. The number of carbonyl (C=O) groups excluding carboxylic acids is 2. The fraction of sp³-hybridized carbons (Fsp3) is 0.150. The van der Waals surface area contributed by atoms with E-state index in [4.69, 9.17) is 0 Å². The van der Waals surface area contributed by atoms with Crippen LogP contribution in [0.1, 0.15) is 31.8 Å². The third-order valence-electron chi connectivity index (χ3n) is 4.82. The van der Waals surface area contributed by atoms with E-state index in [1.54, 1.807) is 30.5 Å². The molecule has 10 heteroatoms. The monoisotopic (exact) mass is 441 g/mol. The summed E-state index contributed by atoms with van der Waals surface area (Å²) in [6, 6.07) is 7.97. The van der Waals surface area contributed by atoms with E-state index in [1.807, 2.05) is 6.92 Å². The Kier molecular flexibility index (Phi) is 4.96. The van der Waals surface area contributed by atoms with Crippen LogP contribution in [0.5, 0.6) is 0 Å². The minimum Gasteiger partial charge on any atom is -0.503 e. The number of nitro groups is 1. The maximum atomic E-state index is 13.2. The Balaban J connectivity index is 1.91. The van der Waals surface area contributed by atoms with Gasteiger partial charge in [-0.1, -0.05) is 18.2 Å². The number of rotatable bonds is 5. The van der Waals surface area contributed by atoms with Crippen LogP contribution in [0.4, 0.5) is 10.8 Å². The summed E-state index contributed by atoms with van der Waals surface area (Å²) in [5, 5.41) is 24.0. The molecule has 30 heavy (non-hydrogen) atoms. The third-order valence-corrected chi connectivity index (χ3v) is 6.76. The number of aryl methyl sites for hydroxylation is 2. The van der Waals surface area contributed by atoms with Gasteiger partial charge < -0.3 is 5.11 Å². The summed E-state index contributed by atoms with van der Waals surface area (Å²) in [6.07, 6.45) is 0.